The molecule has 0 saturated heterocycles. The molecular weight excluding hydrogens is 288 g/mol. The summed E-state index contributed by atoms with van der Waals surface area (Å²) >= 11 is 7.41. The van der Waals surface area contributed by atoms with Crippen LogP contribution in [0, 0.1) is 0 Å². The third-order valence-electron chi connectivity index (χ3n) is 1.70. The lowest BCUT2D eigenvalue weighted by Gasteiger charge is -2.19. The molecule has 1 amide bonds. The summed E-state index contributed by atoms with van der Waals surface area (Å²) in [5.74, 6) is 1.67. The summed E-state index contributed by atoms with van der Waals surface area (Å²) in [5, 5.41) is 4.71. The fourth-order valence-corrected chi connectivity index (χ4v) is 2.77. The van der Waals surface area contributed by atoms with Gasteiger partial charge in [-0.2, -0.15) is 11.8 Å². The first kappa shape index (κ1) is 15.7. The number of thioether (sulfide) groups is 1. The Kier molecular flexibility index (Phi) is 6.31. The lowest BCUT2D eigenvalue weighted by Crippen LogP contribution is -2.33. The number of nitrogens with zero attached hydrogens (tertiary/aromatic N) is 1. The van der Waals surface area contributed by atoms with Crippen molar-refractivity contribution in [2.45, 2.75) is 36.5 Å². The van der Waals surface area contributed by atoms with Gasteiger partial charge < -0.3 is 10.1 Å². The monoisotopic (exact) mass is 306 g/mol. The maximum absolute atomic E-state index is 11.3. The van der Waals surface area contributed by atoms with Crippen LogP contribution in [0.3, 0.4) is 0 Å². The van der Waals surface area contributed by atoms with Crippen molar-refractivity contribution in [2.24, 2.45) is 0 Å². The number of carbonyl (C=O) groups is 1. The first-order valence-electron chi connectivity index (χ1n) is 5.55. The van der Waals surface area contributed by atoms with E-state index in [4.69, 9.17) is 4.74 Å². The number of thiol groups is 1. The third-order valence-corrected chi connectivity index (χ3v) is 3.81. The molecule has 4 nitrogen and oxygen atoms in total. The Morgan fingerprint density at radius 2 is 2.33 bits per heavy atom. The Bertz CT molecular complexity index is 388. The Morgan fingerprint density at radius 3 is 2.89 bits per heavy atom. The molecule has 0 unspecified atom stereocenters. The first-order chi connectivity index (χ1) is 8.37. The van der Waals surface area contributed by atoms with Crippen LogP contribution in [-0.4, -0.2) is 29.0 Å². The van der Waals surface area contributed by atoms with E-state index in [9.17, 15) is 4.79 Å². The molecule has 0 radical (unpaired) electrons. The second-order valence-electron chi connectivity index (χ2n) is 4.60. The Labute approximate surface area is 121 Å². The number of rotatable bonds is 5. The Morgan fingerprint density at radius 1 is 1.61 bits per heavy atom. The van der Waals surface area contributed by atoms with E-state index in [2.05, 4.69) is 22.9 Å². The van der Waals surface area contributed by atoms with Gasteiger partial charge in [-0.05, 0) is 20.8 Å². The molecule has 1 rings (SSSR count). The fourth-order valence-electron chi connectivity index (χ4n) is 1.08. The molecule has 1 N–H and O–H groups in total. The van der Waals surface area contributed by atoms with Gasteiger partial charge in [0.05, 0.1) is 5.69 Å². The summed E-state index contributed by atoms with van der Waals surface area (Å²) in [6.07, 6.45) is -0.366. The molecule has 0 aliphatic carbocycles. The highest BCUT2D eigenvalue weighted by Crippen LogP contribution is 2.17. The highest BCUT2D eigenvalue weighted by molar-refractivity contribution is 7.98. The number of alkyl carbamates (subject to hydrolysis) is 1. The van der Waals surface area contributed by atoms with Crippen molar-refractivity contribution < 1.29 is 9.53 Å². The molecule has 0 aliphatic rings. The minimum atomic E-state index is -0.444. The van der Waals surface area contributed by atoms with Crippen molar-refractivity contribution in [3.8, 4) is 0 Å². The van der Waals surface area contributed by atoms with Gasteiger partial charge >= 0.3 is 6.09 Å². The van der Waals surface area contributed by atoms with Gasteiger partial charge in [0.15, 0.2) is 0 Å². The number of aromatic nitrogens is 1. The number of thiazole rings is 1. The smallest absolute Gasteiger partial charge is 0.407 e. The molecule has 18 heavy (non-hydrogen) atoms. The van der Waals surface area contributed by atoms with Gasteiger partial charge in [0.25, 0.3) is 0 Å². The largest absolute Gasteiger partial charge is 0.444 e. The summed E-state index contributed by atoms with van der Waals surface area (Å²) in [6, 6.07) is 0. The minimum Gasteiger partial charge on any atom is -0.444 e. The van der Waals surface area contributed by atoms with Crippen LogP contribution in [0.4, 0.5) is 4.79 Å². The Balaban J connectivity index is 2.07. The number of amides is 1. The molecule has 0 aliphatic heterocycles. The molecule has 0 bridgehead atoms. The van der Waals surface area contributed by atoms with Crippen LogP contribution in [0.1, 0.15) is 26.5 Å². The predicted molar refractivity (Wildman–Crippen MR) is 79.8 cm³/mol. The SMILES string of the molecule is CC(C)(C)OC(=O)NCCSCc1csc(S)n1. The average molecular weight is 306 g/mol. The van der Waals surface area contributed by atoms with Crippen molar-refractivity contribution in [3.63, 3.8) is 0 Å². The molecule has 0 aromatic carbocycles. The topological polar surface area (TPSA) is 51.2 Å². The van der Waals surface area contributed by atoms with E-state index >= 15 is 0 Å². The van der Waals surface area contributed by atoms with E-state index < -0.39 is 5.60 Å². The van der Waals surface area contributed by atoms with Crippen molar-refractivity contribution in [2.75, 3.05) is 12.3 Å². The molecular formula is C11H18N2O2S3. The molecule has 1 aromatic heterocycles. The standard InChI is InChI=1S/C11H18N2O2S3/c1-11(2,3)15-9(14)12-4-5-17-6-8-7-18-10(16)13-8/h7H,4-6H2,1-3H3,(H,12,14)(H,13,16). The van der Waals surface area contributed by atoms with Crippen LogP contribution in [0.2, 0.25) is 0 Å². The predicted octanol–water partition coefficient (Wildman–Crippen LogP) is 3.19. The van der Waals surface area contributed by atoms with Crippen LogP contribution < -0.4 is 5.32 Å². The molecule has 1 aromatic rings. The molecule has 7 heteroatoms. The van der Waals surface area contributed by atoms with E-state index in [0.717, 1.165) is 21.5 Å². The van der Waals surface area contributed by atoms with Crippen LogP contribution in [-0.2, 0) is 10.5 Å². The molecule has 0 fully saturated rings. The quantitative estimate of drug-likeness (QED) is 0.648. The number of nitrogens with one attached hydrogen (secondary N) is 1. The van der Waals surface area contributed by atoms with Gasteiger partial charge in [-0.3, -0.25) is 0 Å². The van der Waals surface area contributed by atoms with Gasteiger partial charge in [0.2, 0.25) is 0 Å². The number of carbonyl (C=O) groups excluding carboxylic acids is 1. The van der Waals surface area contributed by atoms with Gasteiger partial charge in [0.1, 0.15) is 9.94 Å². The van der Waals surface area contributed by atoms with Crippen molar-refractivity contribution in [1.82, 2.24) is 10.3 Å². The van der Waals surface area contributed by atoms with Crippen LogP contribution in [0.5, 0.6) is 0 Å². The summed E-state index contributed by atoms with van der Waals surface area (Å²) in [6.45, 7) is 6.13. The minimum absolute atomic E-state index is 0.366. The number of hydrogen-bond donors (Lipinski definition) is 2. The van der Waals surface area contributed by atoms with E-state index in [1.54, 1.807) is 11.8 Å². The number of ether oxygens (including phenoxy) is 1. The van der Waals surface area contributed by atoms with Gasteiger partial charge in [0, 0.05) is 23.4 Å². The van der Waals surface area contributed by atoms with E-state index in [-0.39, 0.29) is 6.09 Å². The Hall–Kier alpha value is -0.400. The second-order valence-corrected chi connectivity index (χ2v) is 7.29. The molecule has 102 valence electrons. The lowest BCUT2D eigenvalue weighted by molar-refractivity contribution is 0.0531. The zero-order valence-electron chi connectivity index (χ0n) is 10.7. The highest BCUT2D eigenvalue weighted by Gasteiger charge is 2.15. The maximum Gasteiger partial charge on any atom is 0.407 e. The zero-order chi connectivity index (χ0) is 13.6. The average Bonchev–Trinajstić information content (AvgIpc) is 2.61. The van der Waals surface area contributed by atoms with E-state index in [1.807, 2.05) is 26.2 Å². The lowest BCUT2D eigenvalue weighted by atomic mass is 10.2. The van der Waals surface area contributed by atoms with Gasteiger partial charge in [-0.25, -0.2) is 9.78 Å². The summed E-state index contributed by atoms with van der Waals surface area (Å²) in [7, 11) is 0. The highest BCUT2D eigenvalue weighted by atomic mass is 32.2. The van der Waals surface area contributed by atoms with Crippen LogP contribution in [0.15, 0.2) is 9.72 Å². The van der Waals surface area contributed by atoms with Crippen molar-refractivity contribution in [1.29, 1.82) is 0 Å². The molecule has 0 spiro atoms. The molecule has 0 atom stereocenters. The van der Waals surface area contributed by atoms with E-state index in [1.165, 1.54) is 11.3 Å². The first-order valence-corrected chi connectivity index (χ1v) is 8.03. The van der Waals surface area contributed by atoms with E-state index in [0.29, 0.717) is 6.54 Å². The molecule has 1 heterocycles. The zero-order valence-corrected chi connectivity index (χ0v) is 13.3. The normalized spacial score (nSPS) is 11.3. The van der Waals surface area contributed by atoms with Crippen molar-refractivity contribution >= 4 is 41.8 Å². The number of hydrogen-bond acceptors (Lipinski definition) is 6. The van der Waals surface area contributed by atoms with Gasteiger partial charge in [-0.1, -0.05) is 0 Å². The summed E-state index contributed by atoms with van der Waals surface area (Å²) < 4.78 is 5.92. The third kappa shape index (κ3) is 7.13. The van der Waals surface area contributed by atoms with Crippen LogP contribution in [0.25, 0.3) is 0 Å². The summed E-state index contributed by atoms with van der Waals surface area (Å²) in [4.78, 5) is 15.6. The molecule has 0 saturated carbocycles. The summed E-state index contributed by atoms with van der Waals surface area (Å²) in [5.41, 5.74) is 0.591. The van der Waals surface area contributed by atoms with Gasteiger partial charge in [-0.15, -0.1) is 24.0 Å². The fraction of sp³-hybridized carbons (Fsp3) is 0.636. The van der Waals surface area contributed by atoms with Crippen LogP contribution >= 0.6 is 35.7 Å². The maximum atomic E-state index is 11.3. The second kappa shape index (κ2) is 7.25. The van der Waals surface area contributed by atoms with Crippen molar-refractivity contribution in [3.05, 3.63) is 11.1 Å².